The van der Waals surface area contributed by atoms with Gasteiger partial charge in [0.2, 0.25) is 11.7 Å². The number of hydrogen-bond donors (Lipinski definition) is 0. The topological polar surface area (TPSA) is 88.5 Å². The Hall–Kier alpha value is -2.79. The molecule has 0 amide bonds. The number of aromatic nitrogens is 4. The van der Waals surface area contributed by atoms with Crippen LogP contribution in [-0.4, -0.2) is 20.1 Å². The van der Waals surface area contributed by atoms with Gasteiger partial charge in [0.15, 0.2) is 0 Å². The Morgan fingerprint density at radius 3 is 2.65 bits per heavy atom. The molecule has 0 saturated carbocycles. The number of nitriles is 1. The van der Waals surface area contributed by atoms with E-state index < -0.39 is 0 Å². The summed E-state index contributed by atoms with van der Waals surface area (Å²) in [6, 6.07) is 6.93. The second kappa shape index (κ2) is 7.22. The molecule has 0 aliphatic heterocycles. The van der Waals surface area contributed by atoms with Crippen molar-refractivity contribution in [1.82, 2.24) is 20.1 Å². The number of halogens is 1. The van der Waals surface area contributed by atoms with E-state index in [9.17, 15) is 9.65 Å². The number of aryl methyl sites for hydroxylation is 3. The highest BCUT2D eigenvalue weighted by Crippen LogP contribution is 2.36. The van der Waals surface area contributed by atoms with Gasteiger partial charge in [0, 0.05) is 5.56 Å². The van der Waals surface area contributed by atoms with Crippen molar-refractivity contribution in [3.05, 3.63) is 52.6 Å². The molecule has 0 fully saturated rings. The minimum atomic E-state index is -0.318. The zero-order valence-corrected chi connectivity index (χ0v) is 15.6. The van der Waals surface area contributed by atoms with E-state index in [4.69, 9.17) is 4.52 Å². The van der Waals surface area contributed by atoms with E-state index in [1.807, 2.05) is 6.92 Å². The van der Waals surface area contributed by atoms with Crippen LogP contribution >= 0.6 is 11.8 Å². The standard InChI is InChI=1S/C18H16FN5OS/c1-9-5-6-13(7-15(9)19)16-23-17(25-24-16)11(3)26-18-14(8-20)10(2)21-12(4)22-18/h5-7,11H,1-4H3. The van der Waals surface area contributed by atoms with Crippen molar-refractivity contribution in [2.24, 2.45) is 0 Å². The van der Waals surface area contributed by atoms with Gasteiger partial charge in [0.25, 0.3) is 0 Å². The molecule has 0 aliphatic rings. The van der Waals surface area contributed by atoms with Crippen molar-refractivity contribution in [3.8, 4) is 17.5 Å². The van der Waals surface area contributed by atoms with E-state index in [-0.39, 0.29) is 11.1 Å². The molecule has 3 aromatic rings. The zero-order valence-electron chi connectivity index (χ0n) is 14.7. The van der Waals surface area contributed by atoms with Gasteiger partial charge in [-0.05, 0) is 39.3 Å². The monoisotopic (exact) mass is 369 g/mol. The molecular formula is C18H16FN5OS. The first-order valence-electron chi connectivity index (χ1n) is 7.91. The van der Waals surface area contributed by atoms with Crippen LogP contribution in [0.4, 0.5) is 4.39 Å². The smallest absolute Gasteiger partial charge is 0.240 e. The molecule has 1 atom stereocenters. The van der Waals surface area contributed by atoms with Crippen LogP contribution in [0.25, 0.3) is 11.4 Å². The molecule has 0 saturated heterocycles. The third kappa shape index (κ3) is 3.58. The minimum absolute atomic E-state index is 0.229. The van der Waals surface area contributed by atoms with E-state index in [2.05, 4.69) is 26.2 Å². The molecule has 2 aromatic heterocycles. The van der Waals surface area contributed by atoms with Gasteiger partial charge in [0.05, 0.1) is 10.9 Å². The summed E-state index contributed by atoms with van der Waals surface area (Å²) >= 11 is 1.35. The van der Waals surface area contributed by atoms with Crippen molar-refractivity contribution in [2.45, 2.75) is 38.0 Å². The summed E-state index contributed by atoms with van der Waals surface area (Å²) in [5, 5.41) is 13.6. The third-order valence-corrected chi connectivity index (χ3v) is 4.86. The van der Waals surface area contributed by atoms with Gasteiger partial charge in [-0.1, -0.05) is 29.1 Å². The second-order valence-corrected chi connectivity index (χ2v) is 7.16. The third-order valence-electron chi connectivity index (χ3n) is 3.79. The Labute approximate surface area is 154 Å². The average molecular weight is 369 g/mol. The fraction of sp³-hybridized carbons (Fsp3) is 0.278. The second-order valence-electron chi connectivity index (χ2n) is 5.83. The first kappa shape index (κ1) is 18.0. The lowest BCUT2D eigenvalue weighted by Gasteiger charge is -2.09. The average Bonchev–Trinajstić information content (AvgIpc) is 3.07. The van der Waals surface area contributed by atoms with Crippen molar-refractivity contribution in [3.63, 3.8) is 0 Å². The van der Waals surface area contributed by atoms with Crippen molar-refractivity contribution >= 4 is 11.8 Å². The quantitative estimate of drug-likeness (QED) is 0.500. The van der Waals surface area contributed by atoms with Gasteiger partial charge in [-0.15, -0.1) is 0 Å². The maximum atomic E-state index is 13.7. The highest BCUT2D eigenvalue weighted by Gasteiger charge is 2.20. The van der Waals surface area contributed by atoms with Crippen LogP contribution in [0.3, 0.4) is 0 Å². The van der Waals surface area contributed by atoms with Crippen molar-refractivity contribution < 1.29 is 8.91 Å². The van der Waals surface area contributed by atoms with E-state index in [0.29, 0.717) is 44.9 Å². The number of thioether (sulfide) groups is 1. The molecule has 26 heavy (non-hydrogen) atoms. The summed E-state index contributed by atoms with van der Waals surface area (Å²) in [7, 11) is 0. The Bertz CT molecular complexity index is 1010. The largest absolute Gasteiger partial charge is 0.338 e. The van der Waals surface area contributed by atoms with Crippen LogP contribution in [-0.2, 0) is 0 Å². The summed E-state index contributed by atoms with van der Waals surface area (Å²) < 4.78 is 19.1. The molecule has 3 rings (SSSR count). The van der Waals surface area contributed by atoms with E-state index in [1.54, 1.807) is 32.9 Å². The first-order valence-corrected chi connectivity index (χ1v) is 8.79. The lowest BCUT2D eigenvalue weighted by Crippen LogP contribution is -2.00. The van der Waals surface area contributed by atoms with Crippen LogP contribution in [0, 0.1) is 37.9 Å². The Morgan fingerprint density at radius 1 is 1.19 bits per heavy atom. The van der Waals surface area contributed by atoms with Crippen molar-refractivity contribution in [2.75, 3.05) is 0 Å². The highest BCUT2D eigenvalue weighted by atomic mass is 32.2. The van der Waals surface area contributed by atoms with Crippen molar-refractivity contribution in [1.29, 1.82) is 5.26 Å². The molecule has 1 aromatic carbocycles. The number of benzene rings is 1. The molecular weight excluding hydrogens is 353 g/mol. The Balaban J connectivity index is 1.86. The Morgan fingerprint density at radius 2 is 1.96 bits per heavy atom. The van der Waals surface area contributed by atoms with Crippen LogP contribution in [0.1, 0.15) is 40.7 Å². The maximum absolute atomic E-state index is 13.7. The Kier molecular flexibility index (Phi) is 5.00. The molecule has 2 heterocycles. The molecule has 0 spiro atoms. The SMILES string of the molecule is Cc1nc(C)c(C#N)c(SC(C)c2nc(-c3ccc(C)c(F)c3)no2)n1. The molecule has 0 aliphatic carbocycles. The predicted octanol–water partition coefficient (Wildman–Crippen LogP) is 4.32. The minimum Gasteiger partial charge on any atom is -0.338 e. The predicted molar refractivity (Wildman–Crippen MR) is 94.9 cm³/mol. The molecule has 0 bridgehead atoms. The lowest BCUT2D eigenvalue weighted by atomic mass is 10.1. The summed E-state index contributed by atoms with van der Waals surface area (Å²) in [6.45, 7) is 7.13. The van der Waals surface area contributed by atoms with Gasteiger partial charge in [-0.25, -0.2) is 14.4 Å². The van der Waals surface area contributed by atoms with Gasteiger partial charge in [-0.2, -0.15) is 10.2 Å². The fourth-order valence-corrected chi connectivity index (χ4v) is 3.39. The molecule has 0 N–H and O–H groups in total. The summed E-state index contributed by atoms with van der Waals surface area (Å²) in [6.07, 6.45) is 0. The van der Waals surface area contributed by atoms with Gasteiger partial charge in [-0.3, -0.25) is 0 Å². The molecule has 132 valence electrons. The normalized spacial score (nSPS) is 12.0. The number of nitrogens with zero attached hydrogens (tertiary/aromatic N) is 5. The van der Waals surface area contributed by atoms with Crippen LogP contribution in [0.5, 0.6) is 0 Å². The lowest BCUT2D eigenvalue weighted by molar-refractivity contribution is 0.380. The molecule has 6 nitrogen and oxygen atoms in total. The first-order chi connectivity index (χ1) is 12.4. The molecule has 1 unspecified atom stereocenters. The fourth-order valence-electron chi connectivity index (χ4n) is 2.36. The van der Waals surface area contributed by atoms with Gasteiger partial charge in [0.1, 0.15) is 28.3 Å². The number of hydrogen-bond acceptors (Lipinski definition) is 7. The summed E-state index contributed by atoms with van der Waals surface area (Å²) in [4.78, 5) is 12.9. The zero-order chi connectivity index (χ0) is 18.8. The van der Waals surface area contributed by atoms with E-state index in [1.165, 1.54) is 17.8 Å². The maximum Gasteiger partial charge on any atom is 0.240 e. The highest BCUT2D eigenvalue weighted by molar-refractivity contribution is 7.99. The van der Waals surface area contributed by atoms with Crippen LogP contribution in [0.15, 0.2) is 27.7 Å². The number of rotatable bonds is 4. The van der Waals surface area contributed by atoms with Crippen LogP contribution < -0.4 is 0 Å². The van der Waals surface area contributed by atoms with E-state index in [0.717, 1.165) is 0 Å². The summed E-state index contributed by atoms with van der Waals surface area (Å²) in [5.41, 5.74) is 2.18. The summed E-state index contributed by atoms with van der Waals surface area (Å²) in [5.74, 6) is 0.977. The van der Waals surface area contributed by atoms with Crippen LogP contribution in [0.2, 0.25) is 0 Å². The van der Waals surface area contributed by atoms with E-state index >= 15 is 0 Å². The van der Waals surface area contributed by atoms with Gasteiger partial charge < -0.3 is 4.52 Å². The van der Waals surface area contributed by atoms with Gasteiger partial charge >= 0.3 is 0 Å². The molecule has 0 radical (unpaired) electrons. The molecule has 8 heteroatoms.